The number of rotatable bonds is 5. The fraction of sp³-hybridized carbons (Fsp3) is 0.769. The average Bonchev–Trinajstić information content (AvgIpc) is 2.76. The van der Waals surface area contributed by atoms with E-state index in [9.17, 15) is 4.79 Å². The molecule has 1 saturated carbocycles. The molecule has 1 amide bonds. The van der Waals surface area contributed by atoms with Crippen LogP contribution in [0.3, 0.4) is 0 Å². The minimum atomic E-state index is 0.151. The largest absolute Gasteiger partial charge is 0.353 e. The van der Waals surface area contributed by atoms with E-state index in [-0.39, 0.29) is 5.91 Å². The Balaban J connectivity index is 1.62. The number of nitrogens with one attached hydrogen (secondary N) is 1. The Labute approximate surface area is 107 Å². The van der Waals surface area contributed by atoms with Gasteiger partial charge in [0.15, 0.2) is 5.82 Å². The zero-order chi connectivity index (χ0) is 12.8. The predicted octanol–water partition coefficient (Wildman–Crippen LogP) is 2.15. The molecule has 1 aromatic heterocycles. The van der Waals surface area contributed by atoms with E-state index < -0.39 is 0 Å². The highest BCUT2D eigenvalue weighted by Gasteiger charge is 2.15. The van der Waals surface area contributed by atoms with E-state index in [2.05, 4.69) is 15.5 Å². The molecule has 0 unspecified atom stereocenters. The van der Waals surface area contributed by atoms with Crippen molar-refractivity contribution < 1.29 is 9.32 Å². The highest BCUT2D eigenvalue weighted by Crippen LogP contribution is 2.17. The van der Waals surface area contributed by atoms with E-state index in [1.54, 1.807) is 6.92 Å². The topological polar surface area (TPSA) is 68.0 Å². The average molecular weight is 251 g/mol. The molecular weight excluding hydrogens is 230 g/mol. The first-order valence-electron chi connectivity index (χ1n) is 6.82. The van der Waals surface area contributed by atoms with Gasteiger partial charge >= 0.3 is 0 Å². The quantitative estimate of drug-likeness (QED) is 0.870. The maximum absolute atomic E-state index is 11.7. The summed E-state index contributed by atoms with van der Waals surface area (Å²) in [6.45, 7) is 1.79. The Morgan fingerprint density at radius 2 is 2.17 bits per heavy atom. The lowest BCUT2D eigenvalue weighted by atomic mass is 9.95. The normalized spacial score (nSPS) is 16.7. The van der Waals surface area contributed by atoms with Gasteiger partial charge in [-0.3, -0.25) is 4.79 Å². The highest BCUT2D eigenvalue weighted by atomic mass is 16.5. The van der Waals surface area contributed by atoms with E-state index in [1.165, 1.54) is 19.3 Å². The van der Waals surface area contributed by atoms with Gasteiger partial charge in [0, 0.05) is 18.9 Å². The maximum Gasteiger partial charge on any atom is 0.226 e. The van der Waals surface area contributed by atoms with E-state index in [4.69, 9.17) is 4.52 Å². The molecule has 0 atom stereocenters. The predicted molar refractivity (Wildman–Crippen MR) is 67.0 cm³/mol. The SMILES string of the molecule is Cc1noc(CCCC(=O)NC2CCCCC2)n1. The molecule has 5 heteroatoms. The lowest BCUT2D eigenvalue weighted by molar-refractivity contribution is -0.122. The van der Waals surface area contributed by atoms with Gasteiger partial charge in [0.2, 0.25) is 11.8 Å². The van der Waals surface area contributed by atoms with Crippen molar-refractivity contribution in [3.05, 3.63) is 11.7 Å². The van der Waals surface area contributed by atoms with Gasteiger partial charge in [-0.1, -0.05) is 24.4 Å². The first-order chi connectivity index (χ1) is 8.74. The molecule has 0 radical (unpaired) electrons. The Morgan fingerprint density at radius 1 is 1.39 bits per heavy atom. The number of aryl methyl sites for hydroxylation is 2. The van der Waals surface area contributed by atoms with Crippen LogP contribution >= 0.6 is 0 Å². The van der Waals surface area contributed by atoms with Gasteiger partial charge < -0.3 is 9.84 Å². The highest BCUT2D eigenvalue weighted by molar-refractivity contribution is 5.76. The number of nitrogens with zero attached hydrogens (tertiary/aromatic N) is 2. The van der Waals surface area contributed by atoms with Crippen LogP contribution in [0.4, 0.5) is 0 Å². The van der Waals surface area contributed by atoms with Crippen molar-refractivity contribution in [2.45, 2.75) is 64.3 Å². The first kappa shape index (κ1) is 13.1. The molecule has 0 bridgehead atoms. The van der Waals surface area contributed by atoms with Gasteiger partial charge in [0.1, 0.15) is 0 Å². The smallest absolute Gasteiger partial charge is 0.226 e. The molecular formula is C13H21N3O2. The van der Waals surface area contributed by atoms with Gasteiger partial charge in [-0.25, -0.2) is 0 Å². The van der Waals surface area contributed by atoms with Crippen LogP contribution in [-0.4, -0.2) is 22.1 Å². The van der Waals surface area contributed by atoms with Gasteiger partial charge in [-0.2, -0.15) is 4.98 Å². The molecule has 18 heavy (non-hydrogen) atoms. The summed E-state index contributed by atoms with van der Waals surface area (Å²) in [5.74, 6) is 1.42. The fourth-order valence-corrected chi connectivity index (χ4v) is 2.39. The molecule has 1 aromatic rings. The molecule has 0 spiro atoms. The number of aromatic nitrogens is 2. The van der Waals surface area contributed by atoms with E-state index in [0.29, 0.717) is 30.6 Å². The van der Waals surface area contributed by atoms with Crippen LogP contribution in [0.15, 0.2) is 4.52 Å². The van der Waals surface area contributed by atoms with Gasteiger partial charge in [-0.15, -0.1) is 0 Å². The Kier molecular flexibility index (Phi) is 4.73. The molecule has 1 N–H and O–H groups in total. The molecule has 1 aliphatic rings. The van der Waals surface area contributed by atoms with Crippen molar-refractivity contribution >= 4 is 5.91 Å². The zero-order valence-corrected chi connectivity index (χ0v) is 10.9. The molecule has 5 nitrogen and oxygen atoms in total. The van der Waals surface area contributed by atoms with Crippen LogP contribution in [-0.2, 0) is 11.2 Å². The van der Waals surface area contributed by atoms with Crippen molar-refractivity contribution in [1.29, 1.82) is 0 Å². The third-order valence-corrected chi connectivity index (χ3v) is 3.33. The second-order valence-corrected chi connectivity index (χ2v) is 4.99. The number of carbonyl (C=O) groups is 1. The Hall–Kier alpha value is -1.39. The Morgan fingerprint density at radius 3 is 2.83 bits per heavy atom. The fourth-order valence-electron chi connectivity index (χ4n) is 2.39. The van der Waals surface area contributed by atoms with Crippen LogP contribution in [0.1, 0.15) is 56.7 Å². The van der Waals surface area contributed by atoms with Crippen molar-refractivity contribution in [1.82, 2.24) is 15.5 Å². The van der Waals surface area contributed by atoms with E-state index in [0.717, 1.165) is 19.3 Å². The van der Waals surface area contributed by atoms with Crippen molar-refractivity contribution in [2.24, 2.45) is 0 Å². The lowest BCUT2D eigenvalue weighted by Crippen LogP contribution is -2.36. The molecule has 0 aliphatic heterocycles. The molecule has 1 heterocycles. The molecule has 2 rings (SSSR count). The lowest BCUT2D eigenvalue weighted by Gasteiger charge is -2.22. The summed E-state index contributed by atoms with van der Waals surface area (Å²) in [6.07, 6.45) is 8.04. The summed E-state index contributed by atoms with van der Waals surface area (Å²) < 4.78 is 5.00. The van der Waals surface area contributed by atoms with Crippen molar-refractivity contribution in [2.75, 3.05) is 0 Å². The molecule has 1 fully saturated rings. The summed E-state index contributed by atoms with van der Waals surface area (Å²) in [5.41, 5.74) is 0. The third-order valence-electron chi connectivity index (χ3n) is 3.33. The van der Waals surface area contributed by atoms with Crippen molar-refractivity contribution in [3.8, 4) is 0 Å². The summed E-state index contributed by atoms with van der Waals surface area (Å²) in [4.78, 5) is 15.8. The maximum atomic E-state index is 11.7. The zero-order valence-electron chi connectivity index (χ0n) is 10.9. The number of carbonyl (C=O) groups excluding carboxylic acids is 1. The second-order valence-electron chi connectivity index (χ2n) is 4.99. The third kappa shape index (κ3) is 4.13. The van der Waals surface area contributed by atoms with E-state index in [1.807, 2.05) is 0 Å². The standard InChI is InChI=1S/C13H21N3O2/c1-10-14-13(18-16-10)9-5-8-12(17)15-11-6-3-2-4-7-11/h11H,2-9H2,1H3,(H,15,17). The van der Waals surface area contributed by atoms with Crippen molar-refractivity contribution in [3.63, 3.8) is 0 Å². The van der Waals surface area contributed by atoms with Crippen LogP contribution in [0.25, 0.3) is 0 Å². The van der Waals surface area contributed by atoms with Crippen LogP contribution < -0.4 is 5.32 Å². The molecule has 0 aromatic carbocycles. The van der Waals surface area contributed by atoms with Gasteiger partial charge in [0.05, 0.1) is 0 Å². The second kappa shape index (κ2) is 6.52. The minimum absolute atomic E-state index is 0.151. The summed E-state index contributed by atoms with van der Waals surface area (Å²) in [7, 11) is 0. The Bertz CT molecular complexity index is 383. The van der Waals surface area contributed by atoms with Gasteiger partial charge in [-0.05, 0) is 26.2 Å². The monoisotopic (exact) mass is 251 g/mol. The van der Waals surface area contributed by atoms with Crippen LogP contribution in [0, 0.1) is 6.92 Å². The number of hydrogen-bond acceptors (Lipinski definition) is 4. The summed E-state index contributed by atoms with van der Waals surface area (Å²) in [5, 5.41) is 6.83. The van der Waals surface area contributed by atoms with Crippen LogP contribution in [0.2, 0.25) is 0 Å². The van der Waals surface area contributed by atoms with Gasteiger partial charge in [0.25, 0.3) is 0 Å². The minimum Gasteiger partial charge on any atom is -0.353 e. The molecule has 0 saturated heterocycles. The summed E-state index contributed by atoms with van der Waals surface area (Å²) in [6, 6.07) is 0.400. The van der Waals surface area contributed by atoms with E-state index >= 15 is 0 Å². The number of amides is 1. The first-order valence-corrected chi connectivity index (χ1v) is 6.82. The molecule has 100 valence electrons. The summed E-state index contributed by atoms with van der Waals surface area (Å²) >= 11 is 0. The molecule has 1 aliphatic carbocycles. The number of hydrogen-bond donors (Lipinski definition) is 1. The van der Waals surface area contributed by atoms with Crippen LogP contribution in [0.5, 0.6) is 0 Å².